The number of aliphatic hydroxyl groups excluding tert-OH is 1. The third-order valence-electron chi connectivity index (χ3n) is 8.23. The summed E-state index contributed by atoms with van der Waals surface area (Å²) in [5, 5.41) is 10.5. The van der Waals surface area contributed by atoms with Crippen molar-refractivity contribution < 1.29 is 19.3 Å². The Balaban J connectivity index is 0.941. The summed E-state index contributed by atoms with van der Waals surface area (Å²) in [5.41, 5.74) is 4.36. The predicted molar refractivity (Wildman–Crippen MR) is 145 cm³/mol. The smallest absolute Gasteiger partial charge is 0.296 e. The molecule has 4 atom stereocenters. The summed E-state index contributed by atoms with van der Waals surface area (Å²) in [7, 11) is 0. The molecule has 7 heterocycles. The minimum Gasteiger partial charge on any atom is -0.456 e. The number of benzene rings is 1. The van der Waals surface area contributed by atoms with Crippen LogP contribution in [0.15, 0.2) is 54.7 Å². The van der Waals surface area contributed by atoms with Gasteiger partial charge in [0, 0.05) is 49.0 Å². The fourth-order valence-electron chi connectivity index (χ4n) is 6.28. The summed E-state index contributed by atoms with van der Waals surface area (Å²) < 4.78 is 17.3. The van der Waals surface area contributed by atoms with Crippen molar-refractivity contribution >= 4 is 34.3 Å². The number of H-pyrrole nitrogens is 1. The largest absolute Gasteiger partial charge is 0.456 e. The van der Waals surface area contributed by atoms with Crippen LogP contribution in [-0.2, 0) is 9.47 Å². The molecule has 0 bridgehead atoms. The van der Waals surface area contributed by atoms with Gasteiger partial charge in [0.2, 0.25) is 0 Å². The molecule has 1 spiro atoms. The van der Waals surface area contributed by atoms with E-state index in [-0.39, 0.29) is 24.9 Å². The van der Waals surface area contributed by atoms with Gasteiger partial charge in [-0.2, -0.15) is 4.98 Å². The number of ether oxygens (including phenoxy) is 3. The van der Waals surface area contributed by atoms with Crippen LogP contribution in [0, 0.1) is 5.41 Å². The van der Waals surface area contributed by atoms with Crippen LogP contribution in [0.2, 0.25) is 5.02 Å². The number of anilines is 2. The first-order valence-electron chi connectivity index (χ1n) is 13.2. The number of aromatic nitrogens is 4. The maximum Gasteiger partial charge on any atom is 0.296 e. The molecule has 4 fully saturated rings. The third-order valence-corrected chi connectivity index (χ3v) is 8.52. The molecule has 8 rings (SSSR count). The number of nitrogens with one attached hydrogen (secondary N) is 1. The van der Waals surface area contributed by atoms with Gasteiger partial charge >= 0.3 is 0 Å². The average molecular weight is 547 g/mol. The van der Waals surface area contributed by atoms with E-state index in [9.17, 15) is 5.11 Å². The Morgan fingerprint density at radius 3 is 2.56 bits per heavy atom. The van der Waals surface area contributed by atoms with E-state index in [2.05, 4.69) is 55.1 Å². The second-order valence-electron chi connectivity index (χ2n) is 11.0. The van der Waals surface area contributed by atoms with Gasteiger partial charge < -0.3 is 34.1 Å². The van der Waals surface area contributed by atoms with Gasteiger partial charge in [0.05, 0.1) is 29.4 Å². The number of aromatic amines is 1. The van der Waals surface area contributed by atoms with Gasteiger partial charge in [0.25, 0.3) is 6.01 Å². The van der Waals surface area contributed by atoms with Crippen LogP contribution in [-0.4, -0.2) is 88.9 Å². The molecule has 0 amide bonds. The Morgan fingerprint density at radius 1 is 0.974 bits per heavy atom. The van der Waals surface area contributed by atoms with Crippen LogP contribution in [0.4, 0.5) is 11.5 Å². The summed E-state index contributed by atoms with van der Waals surface area (Å²) in [4.78, 5) is 21.6. The highest BCUT2D eigenvalue weighted by molar-refractivity contribution is 6.33. The molecule has 11 heteroatoms. The van der Waals surface area contributed by atoms with Gasteiger partial charge in [0.1, 0.15) is 24.1 Å². The van der Waals surface area contributed by atoms with E-state index in [4.69, 9.17) is 30.8 Å². The molecule has 0 radical (unpaired) electrons. The van der Waals surface area contributed by atoms with E-state index in [0.29, 0.717) is 39.9 Å². The lowest BCUT2D eigenvalue weighted by Gasteiger charge is -2.61. The number of aliphatic hydroxyl groups is 1. The van der Waals surface area contributed by atoms with Gasteiger partial charge in [-0.15, -0.1) is 0 Å². The second-order valence-corrected chi connectivity index (χ2v) is 11.4. The van der Waals surface area contributed by atoms with Gasteiger partial charge in [-0.25, -0.2) is 9.97 Å². The number of halogens is 1. The highest BCUT2D eigenvalue weighted by Gasteiger charge is 2.52. The molecule has 0 aliphatic carbocycles. The zero-order valence-electron chi connectivity index (χ0n) is 21.0. The molecule has 10 nitrogen and oxygen atoms in total. The summed E-state index contributed by atoms with van der Waals surface area (Å²) >= 11 is 6.64. The molecule has 0 saturated carbocycles. The maximum absolute atomic E-state index is 9.96. The van der Waals surface area contributed by atoms with E-state index in [0.717, 1.165) is 37.6 Å². The van der Waals surface area contributed by atoms with Gasteiger partial charge in [-0.3, -0.25) is 0 Å². The minimum atomic E-state index is -0.628. The SMILES string of the molecule is O[C@@H]1CO[C@H]2[C@@H]1OC[C@H]2Oc1nc2nc(-c3ccc(N4CC5(C4)CN(c4ccccn4)C5)cc3)c(Cl)cc2[nH]1. The minimum absolute atomic E-state index is 0.248. The average Bonchev–Trinajstić information content (AvgIpc) is 3.59. The number of imidazole rings is 1. The fraction of sp³-hybridized carbons (Fsp3) is 0.393. The highest BCUT2D eigenvalue weighted by Crippen LogP contribution is 2.43. The van der Waals surface area contributed by atoms with Crippen LogP contribution in [0.3, 0.4) is 0 Å². The van der Waals surface area contributed by atoms with Crippen molar-refractivity contribution in [2.24, 2.45) is 5.41 Å². The second kappa shape index (κ2) is 8.79. The molecule has 4 saturated heterocycles. The van der Waals surface area contributed by atoms with Crippen molar-refractivity contribution in [3.05, 3.63) is 59.8 Å². The Kier molecular flexibility index (Phi) is 5.28. The van der Waals surface area contributed by atoms with Gasteiger partial charge in [0.15, 0.2) is 11.8 Å². The first-order valence-corrected chi connectivity index (χ1v) is 13.6. The Bertz CT molecular complexity index is 1520. The molecule has 1 aromatic carbocycles. The lowest BCUT2D eigenvalue weighted by atomic mass is 9.72. The standard InChI is InChI=1S/C28H27ClN6O4/c29-18-9-19-26(33-27(31-19)39-21-11-38-24-20(36)10-37-25(21)24)32-23(18)16-4-6-17(7-5-16)34-12-28(13-34)14-35(15-28)22-3-1-2-8-30-22/h1-9,20-21,24-25,36H,10-15H2,(H,31,32,33)/t20-,21-,24-,25-/m1/s1. The molecule has 4 aliphatic heterocycles. The van der Waals surface area contributed by atoms with E-state index in [1.54, 1.807) is 0 Å². The molecule has 3 aromatic heterocycles. The van der Waals surface area contributed by atoms with E-state index in [1.165, 1.54) is 5.69 Å². The lowest BCUT2D eigenvalue weighted by Crippen LogP contribution is -2.72. The number of hydrogen-bond donors (Lipinski definition) is 2. The first kappa shape index (κ1) is 23.4. The Morgan fingerprint density at radius 2 is 1.77 bits per heavy atom. The molecule has 0 unspecified atom stereocenters. The molecular weight excluding hydrogens is 520 g/mol. The van der Waals surface area contributed by atoms with Crippen molar-refractivity contribution in [2.45, 2.75) is 24.4 Å². The molecule has 200 valence electrons. The molecule has 39 heavy (non-hydrogen) atoms. The summed E-state index contributed by atoms with van der Waals surface area (Å²) in [6, 6.07) is 16.6. The van der Waals surface area contributed by atoms with E-state index in [1.807, 2.05) is 24.4 Å². The third kappa shape index (κ3) is 3.93. The molecule has 2 N–H and O–H groups in total. The monoisotopic (exact) mass is 546 g/mol. The van der Waals surface area contributed by atoms with Crippen molar-refractivity contribution in [1.82, 2.24) is 19.9 Å². The zero-order valence-corrected chi connectivity index (χ0v) is 21.8. The number of hydrogen-bond acceptors (Lipinski definition) is 9. The topological polar surface area (TPSA) is 109 Å². The molecular formula is C28H27ClN6O4. The number of pyridine rings is 2. The maximum atomic E-state index is 9.96. The highest BCUT2D eigenvalue weighted by atomic mass is 35.5. The number of fused-ring (bicyclic) bond motifs is 2. The quantitative estimate of drug-likeness (QED) is 0.390. The van der Waals surface area contributed by atoms with E-state index >= 15 is 0 Å². The number of rotatable bonds is 5. The fourth-order valence-corrected chi connectivity index (χ4v) is 6.55. The normalized spacial score (nSPS) is 27.0. The van der Waals surface area contributed by atoms with Crippen molar-refractivity contribution in [3.8, 4) is 17.3 Å². The summed E-state index contributed by atoms with van der Waals surface area (Å²) in [5.74, 6) is 1.06. The van der Waals surface area contributed by atoms with Gasteiger partial charge in [-0.05, 0) is 30.3 Å². The van der Waals surface area contributed by atoms with Crippen LogP contribution in [0.5, 0.6) is 6.01 Å². The Labute approximate surface area is 229 Å². The molecule has 4 aliphatic rings. The van der Waals surface area contributed by atoms with E-state index < -0.39 is 6.10 Å². The van der Waals surface area contributed by atoms with Crippen molar-refractivity contribution in [1.29, 1.82) is 0 Å². The Hall–Kier alpha value is -3.44. The van der Waals surface area contributed by atoms with Crippen molar-refractivity contribution in [2.75, 3.05) is 49.2 Å². The summed E-state index contributed by atoms with van der Waals surface area (Å²) in [6.45, 7) is 4.78. The van der Waals surface area contributed by atoms with Crippen molar-refractivity contribution in [3.63, 3.8) is 0 Å². The lowest BCUT2D eigenvalue weighted by molar-refractivity contribution is 0.00706. The van der Waals surface area contributed by atoms with Gasteiger partial charge in [-0.1, -0.05) is 29.8 Å². The zero-order chi connectivity index (χ0) is 26.1. The van der Waals surface area contributed by atoms with Crippen LogP contribution < -0.4 is 14.5 Å². The van der Waals surface area contributed by atoms with Crippen LogP contribution in [0.25, 0.3) is 22.4 Å². The predicted octanol–water partition coefficient (Wildman–Crippen LogP) is 2.91. The van der Waals surface area contributed by atoms with Crippen LogP contribution >= 0.6 is 11.6 Å². The first-order chi connectivity index (χ1) is 19.0. The number of nitrogens with zero attached hydrogens (tertiary/aromatic N) is 5. The van der Waals surface area contributed by atoms with Crippen LogP contribution in [0.1, 0.15) is 0 Å². The summed E-state index contributed by atoms with van der Waals surface area (Å²) in [6.07, 6.45) is 0.193. The molecule has 4 aromatic rings.